The molecule has 1 aromatic carbocycles. The van der Waals surface area contributed by atoms with Crippen molar-refractivity contribution in [2.24, 2.45) is 0 Å². The fraction of sp³-hybridized carbons (Fsp3) is 0.691. The van der Waals surface area contributed by atoms with Crippen molar-refractivity contribution in [3.8, 4) is 11.5 Å². The number of allylic oxidation sites excluding steroid dienone is 8. The number of unbranched alkanes of at least 4 members (excludes halogenated alkanes) is 24. The lowest BCUT2D eigenvalue weighted by Gasteiger charge is -2.14. The lowest BCUT2D eigenvalue weighted by Crippen LogP contribution is -2.23. The van der Waals surface area contributed by atoms with E-state index in [1.807, 2.05) is 32.3 Å². The standard InChI is InChI=1S/C55H91NO8/c1-56(2)48-55(61)64-49-50-45-51(62-43-39-35-31-27-23-19-15-11-7-3-5-9-13-17-21-25-29-33-37-41-53(57)58)47-52(46-50)63-44-40-36-32-28-24-20-16-12-8-4-6-10-14-18-22-26-30-34-38-42-54(59)60/h3-4,7-10,13-14,45-47H,5-6,11-12,15-44,48-49H2,1-2H3,(H,57,58)(H,59,60)/b7-3-,8-4-,13-9-,14-10-. The predicted octanol–water partition coefficient (Wildman–Crippen LogP) is 14.9. The highest BCUT2D eigenvalue weighted by atomic mass is 16.5. The van der Waals surface area contributed by atoms with Gasteiger partial charge in [-0.05, 0) is 122 Å². The van der Waals surface area contributed by atoms with Gasteiger partial charge in [-0.25, -0.2) is 0 Å². The molecule has 0 aliphatic rings. The second-order valence-electron chi connectivity index (χ2n) is 17.7. The molecule has 1 aromatic rings. The summed E-state index contributed by atoms with van der Waals surface area (Å²) >= 11 is 0. The topological polar surface area (TPSA) is 123 Å². The minimum absolute atomic E-state index is 0.196. The number of carbonyl (C=O) groups excluding carboxylic acids is 1. The predicted molar refractivity (Wildman–Crippen MR) is 265 cm³/mol. The largest absolute Gasteiger partial charge is 0.493 e. The molecule has 364 valence electrons. The normalized spacial score (nSPS) is 11.9. The summed E-state index contributed by atoms with van der Waals surface area (Å²) in [5.74, 6) is -0.0925. The molecule has 0 unspecified atom stereocenters. The molecule has 0 saturated carbocycles. The summed E-state index contributed by atoms with van der Waals surface area (Å²) in [5, 5.41) is 17.4. The van der Waals surface area contributed by atoms with Gasteiger partial charge in [-0.3, -0.25) is 19.3 Å². The first-order chi connectivity index (χ1) is 31.3. The van der Waals surface area contributed by atoms with Crippen molar-refractivity contribution in [1.29, 1.82) is 0 Å². The molecule has 0 fully saturated rings. The number of carbonyl (C=O) groups is 3. The van der Waals surface area contributed by atoms with Crippen LogP contribution in [0.15, 0.2) is 66.8 Å². The van der Waals surface area contributed by atoms with Gasteiger partial charge in [0.1, 0.15) is 18.1 Å². The number of hydrogen-bond acceptors (Lipinski definition) is 7. The van der Waals surface area contributed by atoms with Crippen LogP contribution in [-0.2, 0) is 25.7 Å². The summed E-state index contributed by atoms with van der Waals surface area (Å²) in [5.41, 5.74) is 0.877. The van der Waals surface area contributed by atoms with Crippen molar-refractivity contribution in [1.82, 2.24) is 4.90 Å². The molecule has 0 aliphatic carbocycles. The number of benzene rings is 1. The number of esters is 1. The maximum atomic E-state index is 12.2. The van der Waals surface area contributed by atoms with Gasteiger partial charge in [0.15, 0.2) is 0 Å². The van der Waals surface area contributed by atoms with Gasteiger partial charge in [0.2, 0.25) is 0 Å². The molecule has 9 nitrogen and oxygen atoms in total. The van der Waals surface area contributed by atoms with Crippen LogP contribution in [0.2, 0.25) is 0 Å². The minimum atomic E-state index is -0.686. The number of likely N-dealkylation sites (N-methyl/N-ethyl adjacent to an activating group) is 1. The number of carboxylic acids is 2. The highest BCUT2D eigenvalue weighted by Gasteiger charge is 2.09. The van der Waals surface area contributed by atoms with Gasteiger partial charge in [-0.2, -0.15) is 0 Å². The molecule has 0 heterocycles. The Bertz CT molecular complexity index is 1310. The van der Waals surface area contributed by atoms with Crippen molar-refractivity contribution in [2.45, 2.75) is 212 Å². The fourth-order valence-corrected chi connectivity index (χ4v) is 7.38. The van der Waals surface area contributed by atoms with Gasteiger partial charge in [-0.15, -0.1) is 0 Å². The number of hydrogen-bond donors (Lipinski definition) is 2. The van der Waals surface area contributed by atoms with E-state index in [9.17, 15) is 14.4 Å². The first-order valence-electron chi connectivity index (χ1n) is 25.5. The summed E-state index contributed by atoms with van der Waals surface area (Å²) in [6.07, 6.45) is 53.0. The van der Waals surface area contributed by atoms with Crippen LogP contribution in [0, 0.1) is 0 Å². The second-order valence-corrected chi connectivity index (χ2v) is 17.7. The molecule has 0 atom stereocenters. The average Bonchev–Trinajstić information content (AvgIpc) is 3.26. The maximum Gasteiger partial charge on any atom is 0.320 e. The fourth-order valence-electron chi connectivity index (χ4n) is 7.38. The van der Waals surface area contributed by atoms with Crippen LogP contribution in [-0.4, -0.2) is 66.9 Å². The Morgan fingerprint density at radius 3 is 1.12 bits per heavy atom. The van der Waals surface area contributed by atoms with E-state index in [0.717, 1.165) is 120 Å². The number of nitrogens with zero attached hydrogens (tertiary/aromatic N) is 1. The van der Waals surface area contributed by atoms with Gasteiger partial charge >= 0.3 is 17.9 Å². The van der Waals surface area contributed by atoms with Gasteiger partial charge < -0.3 is 24.4 Å². The molecule has 0 saturated heterocycles. The van der Waals surface area contributed by atoms with Crippen molar-refractivity contribution in [2.75, 3.05) is 33.9 Å². The molecule has 0 spiro atoms. The molecule has 0 bridgehead atoms. The Balaban J connectivity index is 2.17. The zero-order valence-corrected chi connectivity index (χ0v) is 40.6. The smallest absolute Gasteiger partial charge is 0.320 e. The van der Waals surface area contributed by atoms with E-state index in [0.29, 0.717) is 26.1 Å². The van der Waals surface area contributed by atoms with Crippen LogP contribution < -0.4 is 9.47 Å². The van der Waals surface area contributed by atoms with E-state index < -0.39 is 11.9 Å². The number of carboxylic acid groups (broad SMARTS) is 2. The van der Waals surface area contributed by atoms with Crippen molar-refractivity contribution in [3.63, 3.8) is 0 Å². The highest BCUT2D eigenvalue weighted by molar-refractivity contribution is 5.71. The lowest BCUT2D eigenvalue weighted by atomic mass is 10.1. The minimum Gasteiger partial charge on any atom is -0.493 e. The molecule has 0 radical (unpaired) electrons. The molecule has 2 N–H and O–H groups in total. The van der Waals surface area contributed by atoms with E-state index in [2.05, 4.69) is 48.6 Å². The molecule has 0 aliphatic heterocycles. The Morgan fingerprint density at radius 1 is 0.453 bits per heavy atom. The quantitative estimate of drug-likeness (QED) is 0.0374. The van der Waals surface area contributed by atoms with Crippen LogP contribution in [0.3, 0.4) is 0 Å². The molecule has 64 heavy (non-hydrogen) atoms. The number of rotatable bonds is 46. The van der Waals surface area contributed by atoms with Crippen LogP contribution in [0.4, 0.5) is 0 Å². The van der Waals surface area contributed by atoms with E-state index in [1.165, 1.54) is 89.9 Å². The average molecular weight is 894 g/mol. The number of aliphatic carboxylic acids is 2. The van der Waals surface area contributed by atoms with E-state index in [-0.39, 0.29) is 19.1 Å². The van der Waals surface area contributed by atoms with Crippen molar-refractivity contribution < 1.29 is 38.8 Å². The maximum absolute atomic E-state index is 12.2. The van der Waals surface area contributed by atoms with Crippen LogP contribution in [0.25, 0.3) is 0 Å². The van der Waals surface area contributed by atoms with Crippen LogP contribution >= 0.6 is 0 Å². The molecule has 0 aromatic heterocycles. The Morgan fingerprint density at radius 2 is 0.781 bits per heavy atom. The Labute approximate surface area is 390 Å². The monoisotopic (exact) mass is 894 g/mol. The zero-order valence-electron chi connectivity index (χ0n) is 40.6. The molecular formula is C55H91NO8. The van der Waals surface area contributed by atoms with Crippen molar-refractivity contribution in [3.05, 3.63) is 72.4 Å². The highest BCUT2D eigenvalue weighted by Crippen LogP contribution is 2.25. The molecule has 0 amide bonds. The number of ether oxygens (including phenoxy) is 3. The molecule has 1 rings (SSSR count). The van der Waals surface area contributed by atoms with Crippen LogP contribution in [0.1, 0.15) is 211 Å². The Kier molecular flexibility index (Phi) is 40.3. The summed E-state index contributed by atoms with van der Waals surface area (Å²) in [4.78, 5) is 35.1. The Hall–Kier alpha value is -3.85. The van der Waals surface area contributed by atoms with Gasteiger partial charge in [0, 0.05) is 18.9 Å². The van der Waals surface area contributed by atoms with E-state index in [4.69, 9.17) is 24.4 Å². The summed E-state index contributed by atoms with van der Waals surface area (Å²) in [7, 11) is 3.71. The first kappa shape index (κ1) is 58.2. The third-order valence-electron chi connectivity index (χ3n) is 11.1. The van der Waals surface area contributed by atoms with Crippen LogP contribution in [0.5, 0.6) is 11.5 Å². The molecular weight excluding hydrogens is 803 g/mol. The third kappa shape index (κ3) is 42.1. The third-order valence-corrected chi connectivity index (χ3v) is 11.1. The van der Waals surface area contributed by atoms with E-state index in [1.54, 1.807) is 4.90 Å². The van der Waals surface area contributed by atoms with Gasteiger partial charge in [0.05, 0.1) is 19.8 Å². The summed E-state index contributed by atoms with van der Waals surface area (Å²) in [6.45, 7) is 1.76. The van der Waals surface area contributed by atoms with Crippen molar-refractivity contribution >= 4 is 17.9 Å². The van der Waals surface area contributed by atoms with Gasteiger partial charge in [0.25, 0.3) is 0 Å². The SMILES string of the molecule is CN(C)CC(=O)OCc1cc(OCCCCCCCCC/C=C\C/C=C\CCCCCCCC(=O)O)cc(OCCCCCCCCC/C=C\C/C=C\CCCCCCCC(=O)O)c1. The summed E-state index contributed by atoms with van der Waals surface area (Å²) < 4.78 is 17.9. The van der Waals surface area contributed by atoms with Gasteiger partial charge in [-0.1, -0.05) is 151 Å². The zero-order chi connectivity index (χ0) is 46.4. The molecule has 9 heteroatoms. The second kappa shape index (κ2) is 44.4. The lowest BCUT2D eigenvalue weighted by molar-refractivity contribution is -0.145. The first-order valence-corrected chi connectivity index (χ1v) is 25.5. The summed E-state index contributed by atoms with van der Waals surface area (Å²) in [6, 6.07) is 5.90. The van der Waals surface area contributed by atoms with E-state index >= 15 is 0 Å².